The van der Waals surface area contributed by atoms with Crippen LogP contribution in [0.25, 0.3) is 0 Å². The summed E-state index contributed by atoms with van der Waals surface area (Å²) in [4.78, 5) is 3.47. The summed E-state index contributed by atoms with van der Waals surface area (Å²) in [7, 11) is -2.10. The van der Waals surface area contributed by atoms with Crippen LogP contribution in [0.5, 0.6) is 0 Å². The molecule has 0 aliphatic carbocycles. The molecule has 0 bridgehead atoms. The number of sulfonamides is 1. The van der Waals surface area contributed by atoms with Crippen LogP contribution < -0.4 is 10.5 Å². The van der Waals surface area contributed by atoms with Gasteiger partial charge in [-0.25, -0.2) is 13.1 Å². The number of nitrogens with zero attached hydrogens (tertiary/aromatic N) is 1. The molecule has 0 atom stereocenters. The second-order valence-corrected chi connectivity index (χ2v) is 7.31. The molecule has 7 heteroatoms. The van der Waals surface area contributed by atoms with Crippen LogP contribution in [0.2, 0.25) is 0 Å². The van der Waals surface area contributed by atoms with Crippen molar-refractivity contribution in [3.05, 3.63) is 18.2 Å². The smallest absolute Gasteiger partial charge is 0.242 e. The van der Waals surface area contributed by atoms with Gasteiger partial charge in [0.2, 0.25) is 10.0 Å². The summed E-state index contributed by atoms with van der Waals surface area (Å²) in [5.74, 6) is 0.958. The third-order valence-corrected chi connectivity index (χ3v) is 5.57. The van der Waals surface area contributed by atoms with Gasteiger partial charge in [0, 0.05) is 17.2 Å². The standard InChI is InChI=1S/C13H23N3O2S2/c1-4-16(5-2)8-9-19-11-6-7-13(12(14)10-11)20(17,18)15-3/h6-7,10,15H,4-5,8-9,14H2,1-3H3. The highest BCUT2D eigenvalue weighted by Gasteiger charge is 2.15. The van der Waals surface area contributed by atoms with E-state index in [0.29, 0.717) is 0 Å². The lowest BCUT2D eigenvalue weighted by Gasteiger charge is -2.17. The Labute approximate surface area is 126 Å². The fourth-order valence-electron chi connectivity index (χ4n) is 1.80. The highest BCUT2D eigenvalue weighted by molar-refractivity contribution is 7.99. The zero-order chi connectivity index (χ0) is 15.2. The van der Waals surface area contributed by atoms with Gasteiger partial charge in [-0.2, -0.15) is 0 Å². The van der Waals surface area contributed by atoms with E-state index in [4.69, 9.17) is 5.73 Å². The maximum atomic E-state index is 11.7. The van der Waals surface area contributed by atoms with E-state index < -0.39 is 10.0 Å². The Balaban J connectivity index is 2.69. The second-order valence-electron chi connectivity index (χ2n) is 4.28. The third kappa shape index (κ3) is 4.66. The maximum Gasteiger partial charge on any atom is 0.242 e. The molecule has 0 unspecified atom stereocenters. The molecule has 0 spiro atoms. The number of nitrogen functional groups attached to an aromatic ring is 1. The van der Waals surface area contributed by atoms with Gasteiger partial charge in [-0.3, -0.25) is 0 Å². The van der Waals surface area contributed by atoms with Crippen LogP contribution in [0.3, 0.4) is 0 Å². The molecule has 0 aliphatic heterocycles. The van der Waals surface area contributed by atoms with Gasteiger partial charge in [0.1, 0.15) is 4.90 Å². The van der Waals surface area contributed by atoms with Gasteiger partial charge >= 0.3 is 0 Å². The number of thioether (sulfide) groups is 1. The van der Waals surface area contributed by atoms with Crippen LogP contribution in [0.15, 0.2) is 28.0 Å². The minimum atomic E-state index is -3.48. The largest absolute Gasteiger partial charge is 0.398 e. The molecule has 0 amide bonds. The molecule has 114 valence electrons. The van der Waals surface area contributed by atoms with E-state index in [9.17, 15) is 8.42 Å². The lowest BCUT2D eigenvalue weighted by Crippen LogP contribution is -2.25. The number of hydrogen-bond acceptors (Lipinski definition) is 5. The van der Waals surface area contributed by atoms with E-state index in [2.05, 4.69) is 23.5 Å². The summed E-state index contributed by atoms with van der Waals surface area (Å²) < 4.78 is 25.7. The van der Waals surface area contributed by atoms with Gasteiger partial charge in [0.15, 0.2) is 0 Å². The molecule has 1 rings (SSSR count). The van der Waals surface area contributed by atoms with Crippen molar-refractivity contribution in [2.75, 3.05) is 38.2 Å². The minimum Gasteiger partial charge on any atom is -0.398 e. The van der Waals surface area contributed by atoms with Crippen molar-refractivity contribution in [1.29, 1.82) is 0 Å². The van der Waals surface area contributed by atoms with E-state index in [0.717, 1.165) is 30.3 Å². The zero-order valence-corrected chi connectivity index (χ0v) is 13.9. The monoisotopic (exact) mass is 317 g/mol. The van der Waals surface area contributed by atoms with Crippen molar-refractivity contribution in [3.8, 4) is 0 Å². The average molecular weight is 317 g/mol. The number of rotatable bonds is 8. The molecule has 0 radical (unpaired) electrons. The fourth-order valence-corrected chi connectivity index (χ4v) is 3.60. The van der Waals surface area contributed by atoms with Crippen molar-refractivity contribution < 1.29 is 8.42 Å². The molecule has 1 aromatic rings. The van der Waals surface area contributed by atoms with Gasteiger partial charge in [0.25, 0.3) is 0 Å². The molecule has 5 nitrogen and oxygen atoms in total. The molecular formula is C13H23N3O2S2. The zero-order valence-electron chi connectivity index (χ0n) is 12.2. The molecule has 20 heavy (non-hydrogen) atoms. The Kier molecular flexibility index (Phi) is 6.81. The topological polar surface area (TPSA) is 75.4 Å². The number of nitrogens with one attached hydrogen (secondary N) is 1. The predicted octanol–water partition coefficient (Wildman–Crippen LogP) is 1.61. The van der Waals surface area contributed by atoms with Crippen molar-refractivity contribution >= 4 is 27.5 Å². The van der Waals surface area contributed by atoms with Gasteiger partial charge in [0.05, 0.1) is 5.69 Å². The Bertz CT molecular complexity index is 528. The third-order valence-electron chi connectivity index (χ3n) is 3.11. The molecule has 0 fully saturated rings. The van der Waals surface area contributed by atoms with Crippen molar-refractivity contribution in [3.63, 3.8) is 0 Å². The summed E-state index contributed by atoms with van der Waals surface area (Å²) in [6.45, 7) is 7.37. The van der Waals surface area contributed by atoms with Crippen LogP contribution in [-0.4, -0.2) is 45.8 Å². The highest BCUT2D eigenvalue weighted by atomic mass is 32.2. The number of nitrogens with two attached hydrogens (primary N) is 1. The Hall–Kier alpha value is -0.760. The Morgan fingerprint density at radius 1 is 1.30 bits per heavy atom. The lowest BCUT2D eigenvalue weighted by atomic mass is 10.3. The van der Waals surface area contributed by atoms with E-state index in [1.807, 2.05) is 0 Å². The Morgan fingerprint density at radius 2 is 1.95 bits per heavy atom. The van der Waals surface area contributed by atoms with Crippen LogP contribution in [-0.2, 0) is 10.0 Å². The highest BCUT2D eigenvalue weighted by Crippen LogP contribution is 2.25. The van der Waals surface area contributed by atoms with E-state index in [-0.39, 0.29) is 10.6 Å². The molecule has 0 saturated heterocycles. The van der Waals surface area contributed by atoms with Crippen molar-refractivity contribution in [2.45, 2.75) is 23.6 Å². The van der Waals surface area contributed by atoms with Gasteiger partial charge in [-0.05, 0) is 38.3 Å². The summed E-state index contributed by atoms with van der Waals surface area (Å²) in [5, 5.41) is 0. The average Bonchev–Trinajstić information content (AvgIpc) is 2.43. The molecule has 0 saturated carbocycles. The first kappa shape index (κ1) is 17.3. The number of benzene rings is 1. The van der Waals surface area contributed by atoms with Gasteiger partial charge < -0.3 is 10.6 Å². The normalized spacial score (nSPS) is 12.0. The van der Waals surface area contributed by atoms with Crippen molar-refractivity contribution in [1.82, 2.24) is 9.62 Å². The summed E-state index contributed by atoms with van der Waals surface area (Å²) >= 11 is 1.68. The molecule has 3 N–H and O–H groups in total. The molecular weight excluding hydrogens is 294 g/mol. The molecule has 0 aromatic heterocycles. The SMILES string of the molecule is CCN(CC)CCSc1ccc(S(=O)(=O)NC)c(N)c1. The molecule has 1 aromatic carbocycles. The van der Waals surface area contributed by atoms with Crippen LogP contribution >= 0.6 is 11.8 Å². The first-order chi connectivity index (χ1) is 9.44. The number of hydrogen-bond donors (Lipinski definition) is 2. The predicted molar refractivity (Wildman–Crippen MR) is 85.6 cm³/mol. The van der Waals surface area contributed by atoms with Crippen LogP contribution in [0.1, 0.15) is 13.8 Å². The second kappa shape index (κ2) is 7.87. The maximum absolute atomic E-state index is 11.7. The first-order valence-electron chi connectivity index (χ1n) is 6.62. The minimum absolute atomic E-state index is 0.132. The van der Waals surface area contributed by atoms with Crippen LogP contribution in [0.4, 0.5) is 5.69 Å². The lowest BCUT2D eigenvalue weighted by molar-refractivity contribution is 0.324. The number of anilines is 1. The van der Waals surface area contributed by atoms with Gasteiger partial charge in [-0.15, -0.1) is 11.8 Å². The van der Waals surface area contributed by atoms with Crippen LogP contribution in [0, 0.1) is 0 Å². The Morgan fingerprint density at radius 3 is 2.45 bits per heavy atom. The summed E-state index contributed by atoms with van der Waals surface area (Å²) in [6.07, 6.45) is 0. The first-order valence-corrected chi connectivity index (χ1v) is 9.09. The van der Waals surface area contributed by atoms with E-state index in [1.54, 1.807) is 30.0 Å². The van der Waals surface area contributed by atoms with E-state index in [1.165, 1.54) is 7.05 Å². The van der Waals surface area contributed by atoms with Crippen molar-refractivity contribution in [2.24, 2.45) is 0 Å². The molecule has 0 heterocycles. The quantitative estimate of drug-likeness (QED) is 0.563. The molecule has 0 aliphatic rings. The van der Waals surface area contributed by atoms with E-state index >= 15 is 0 Å². The summed E-state index contributed by atoms with van der Waals surface area (Å²) in [6, 6.07) is 5.07. The van der Waals surface area contributed by atoms with Gasteiger partial charge in [-0.1, -0.05) is 13.8 Å². The fraction of sp³-hybridized carbons (Fsp3) is 0.538. The summed E-state index contributed by atoms with van der Waals surface area (Å²) in [5.41, 5.74) is 6.11.